The Bertz CT molecular complexity index is 1660. The molecule has 0 atom stereocenters. The van der Waals surface area contributed by atoms with Crippen molar-refractivity contribution in [3.8, 4) is 11.8 Å². The SMILES string of the molecule is CC=CC(=O)NCC#Cc1cc2c(Nc3ccc4c(cnn4Cc4cccc(F)c4)c3)ncnc2s1. The van der Waals surface area contributed by atoms with E-state index in [1.165, 1.54) is 35.9 Å². The quantitative estimate of drug-likeness (QED) is 0.255. The summed E-state index contributed by atoms with van der Waals surface area (Å²) in [5, 5.41) is 12.4. The van der Waals surface area contributed by atoms with Crippen molar-refractivity contribution >= 4 is 49.9 Å². The lowest BCUT2D eigenvalue weighted by Crippen LogP contribution is -2.20. The van der Waals surface area contributed by atoms with Crippen molar-refractivity contribution in [1.29, 1.82) is 0 Å². The van der Waals surface area contributed by atoms with Gasteiger partial charge in [-0.05, 0) is 55.0 Å². The van der Waals surface area contributed by atoms with Gasteiger partial charge in [-0.3, -0.25) is 9.48 Å². The van der Waals surface area contributed by atoms with Gasteiger partial charge in [0.2, 0.25) is 5.91 Å². The molecule has 0 saturated carbocycles. The van der Waals surface area contributed by atoms with Crippen molar-refractivity contribution in [1.82, 2.24) is 25.1 Å². The van der Waals surface area contributed by atoms with Gasteiger partial charge in [-0.1, -0.05) is 30.0 Å². The number of rotatable bonds is 6. The monoisotopic (exact) mass is 496 g/mol. The number of nitrogens with zero attached hydrogens (tertiary/aromatic N) is 4. The number of benzene rings is 2. The maximum absolute atomic E-state index is 13.5. The van der Waals surface area contributed by atoms with Crippen LogP contribution in [0, 0.1) is 17.7 Å². The van der Waals surface area contributed by atoms with Gasteiger partial charge in [-0.15, -0.1) is 11.3 Å². The number of nitrogens with one attached hydrogen (secondary N) is 2. The normalized spacial score (nSPS) is 11.1. The largest absolute Gasteiger partial charge is 0.342 e. The van der Waals surface area contributed by atoms with Crippen molar-refractivity contribution in [2.24, 2.45) is 0 Å². The molecule has 5 rings (SSSR count). The molecule has 9 heteroatoms. The van der Waals surface area contributed by atoms with Crippen molar-refractivity contribution in [2.75, 3.05) is 11.9 Å². The Morgan fingerprint density at radius 3 is 2.97 bits per heavy atom. The summed E-state index contributed by atoms with van der Waals surface area (Å²) in [7, 11) is 0. The fourth-order valence-corrected chi connectivity index (χ4v) is 4.60. The van der Waals surface area contributed by atoms with Gasteiger partial charge in [-0.2, -0.15) is 5.10 Å². The molecular weight excluding hydrogens is 475 g/mol. The molecule has 7 nitrogen and oxygen atoms in total. The van der Waals surface area contributed by atoms with Gasteiger partial charge in [0.25, 0.3) is 0 Å². The molecule has 0 unspecified atom stereocenters. The van der Waals surface area contributed by atoms with E-state index in [9.17, 15) is 9.18 Å². The van der Waals surface area contributed by atoms with Crippen LogP contribution in [0.25, 0.3) is 21.1 Å². The number of amides is 1. The number of carbonyl (C=O) groups excluding carboxylic acids is 1. The van der Waals surface area contributed by atoms with Crippen LogP contribution in [0.2, 0.25) is 0 Å². The number of hydrogen-bond donors (Lipinski definition) is 2. The van der Waals surface area contributed by atoms with Gasteiger partial charge in [-0.25, -0.2) is 14.4 Å². The first kappa shape index (κ1) is 23.2. The Morgan fingerprint density at radius 2 is 2.11 bits per heavy atom. The molecule has 1 amide bonds. The molecule has 0 fully saturated rings. The fraction of sp³-hybridized carbons (Fsp3) is 0.111. The first-order valence-electron chi connectivity index (χ1n) is 11.2. The smallest absolute Gasteiger partial charge is 0.244 e. The number of hydrogen-bond acceptors (Lipinski definition) is 6. The number of anilines is 2. The van der Waals surface area contributed by atoms with Crippen LogP contribution < -0.4 is 10.6 Å². The van der Waals surface area contributed by atoms with E-state index in [2.05, 4.69) is 37.5 Å². The minimum absolute atomic E-state index is 0.169. The van der Waals surface area contributed by atoms with Crippen molar-refractivity contribution in [3.63, 3.8) is 0 Å². The highest BCUT2D eigenvalue weighted by atomic mass is 32.1. The molecule has 0 aliphatic rings. The predicted octanol–water partition coefficient (Wildman–Crippen LogP) is 5.02. The van der Waals surface area contributed by atoms with E-state index in [0.717, 1.165) is 37.2 Å². The average Bonchev–Trinajstić information content (AvgIpc) is 3.46. The van der Waals surface area contributed by atoms with Gasteiger partial charge in [0, 0.05) is 11.1 Å². The zero-order valence-corrected chi connectivity index (χ0v) is 20.1. The number of allylic oxidation sites excluding steroid dienone is 1. The zero-order valence-electron chi connectivity index (χ0n) is 19.3. The molecule has 0 spiro atoms. The van der Waals surface area contributed by atoms with Gasteiger partial charge >= 0.3 is 0 Å². The first-order chi connectivity index (χ1) is 17.6. The maximum Gasteiger partial charge on any atom is 0.244 e. The third kappa shape index (κ3) is 5.24. The molecule has 0 bridgehead atoms. The highest BCUT2D eigenvalue weighted by Gasteiger charge is 2.10. The van der Waals surface area contributed by atoms with Gasteiger partial charge in [0.15, 0.2) is 0 Å². The molecule has 36 heavy (non-hydrogen) atoms. The molecule has 2 aromatic carbocycles. The van der Waals surface area contributed by atoms with Crippen molar-refractivity contribution in [2.45, 2.75) is 13.5 Å². The van der Waals surface area contributed by atoms with Crippen LogP contribution in [0.5, 0.6) is 0 Å². The van der Waals surface area contributed by atoms with Gasteiger partial charge < -0.3 is 10.6 Å². The zero-order chi connectivity index (χ0) is 24.9. The fourth-order valence-electron chi connectivity index (χ4n) is 3.73. The summed E-state index contributed by atoms with van der Waals surface area (Å²) in [6, 6.07) is 14.4. The summed E-state index contributed by atoms with van der Waals surface area (Å²) in [5.41, 5.74) is 2.66. The molecule has 0 saturated heterocycles. The highest BCUT2D eigenvalue weighted by Crippen LogP contribution is 2.30. The minimum Gasteiger partial charge on any atom is -0.342 e. The van der Waals surface area contributed by atoms with Crippen LogP contribution in [0.4, 0.5) is 15.9 Å². The Morgan fingerprint density at radius 1 is 1.19 bits per heavy atom. The Hall–Kier alpha value is -4.55. The maximum atomic E-state index is 13.5. The summed E-state index contributed by atoms with van der Waals surface area (Å²) >= 11 is 1.47. The lowest BCUT2D eigenvalue weighted by molar-refractivity contribution is -0.116. The topological polar surface area (TPSA) is 84.7 Å². The van der Waals surface area contributed by atoms with Crippen LogP contribution >= 0.6 is 11.3 Å². The van der Waals surface area contributed by atoms with Crippen molar-refractivity contribution < 1.29 is 9.18 Å². The third-order valence-electron chi connectivity index (χ3n) is 5.34. The van der Waals surface area contributed by atoms with Crippen LogP contribution in [0.3, 0.4) is 0 Å². The number of thiophene rings is 1. The molecule has 3 aromatic heterocycles. The van der Waals surface area contributed by atoms with Gasteiger partial charge in [0.1, 0.15) is 22.8 Å². The summed E-state index contributed by atoms with van der Waals surface area (Å²) in [6.07, 6.45) is 6.45. The van der Waals surface area contributed by atoms with Crippen LogP contribution in [-0.4, -0.2) is 32.2 Å². The number of halogens is 1. The molecule has 5 aromatic rings. The summed E-state index contributed by atoms with van der Waals surface area (Å²) in [5.74, 6) is 6.28. The average molecular weight is 497 g/mol. The molecule has 3 heterocycles. The van der Waals surface area contributed by atoms with Crippen LogP contribution in [0.1, 0.15) is 17.4 Å². The second-order valence-electron chi connectivity index (χ2n) is 7.90. The third-order valence-corrected chi connectivity index (χ3v) is 6.29. The first-order valence-corrected chi connectivity index (χ1v) is 12.0. The van der Waals surface area contributed by atoms with Crippen molar-refractivity contribution in [3.05, 3.63) is 89.5 Å². The number of aromatic nitrogens is 4. The van der Waals surface area contributed by atoms with Gasteiger partial charge in [0.05, 0.1) is 35.1 Å². The van der Waals surface area contributed by atoms with Crippen LogP contribution in [-0.2, 0) is 11.3 Å². The second kappa shape index (κ2) is 10.4. The summed E-state index contributed by atoms with van der Waals surface area (Å²) in [6.45, 7) is 2.54. The second-order valence-corrected chi connectivity index (χ2v) is 8.93. The molecule has 2 N–H and O–H groups in total. The molecular formula is C27H21FN6OS. The van der Waals surface area contributed by atoms with E-state index in [4.69, 9.17) is 0 Å². The van der Waals surface area contributed by atoms with E-state index < -0.39 is 0 Å². The lowest BCUT2D eigenvalue weighted by atomic mass is 10.2. The Kier molecular flexibility index (Phi) is 6.69. The van der Waals surface area contributed by atoms with Crippen LogP contribution in [0.15, 0.2) is 73.2 Å². The molecule has 0 radical (unpaired) electrons. The van der Waals surface area contributed by atoms with E-state index in [1.54, 1.807) is 25.3 Å². The Balaban J connectivity index is 1.33. The standard InChI is InChI=1S/C27H21FN6OS/c1-2-5-25(35)29-11-4-8-22-14-23-26(30-17-31-27(23)36-22)33-21-9-10-24-19(13-21)15-32-34(24)16-18-6-3-7-20(28)12-18/h2-3,5-7,9-10,12-15,17H,11,16H2,1H3,(H,29,35)(H,30,31,33). The number of fused-ring (bicyclic) bond motifs is 2. The molecule has 0 aliphatic heterocycles. The minimum atomic E-state index is -0.259. The van der Waals surface area contributed by atoms with E-state index in [-0.39, 0.29) is 18.3 Å². The molecule has 178 valence electrons. The Labute approximate surface area is 210 Å². The highest BCUT2D eigenvalue weighted by molar-refractivity contribution is 7.19. The van der Waals surface area contributed by atoms with E-state index in [0.29, 0.717) is 12.4 Å². The lowest BCUT2D eigenvalue weighted by Gasteiger charge is -2.08. The predicted molar refractivity (Wildman–Crippen MR) is 141 cm³/mol. The summed E-state index contributed by atoms with van der Waals surface area (Å²) in [4.78, 5) is 21.9. The molecule has 0 aliphatic carbocycles. The summed E-state index contributed by atoms with van der Waals surface area (Å²) < 4.78 is 15.4. The van der Waals surface area contributed by atoms with E-state index >= 15 is 0 Å². The van der Waals surface area contributed by atoms with E-state index in [1.807, 2.05) is 35.0 Å². The number of carbonyl (C=O) groups is 1.